The van der Waals surface area contributed by atoms with E-state index in [9.17, 15) is 13.2 Å². The standard InChI is InChI=1S/C12H21N3O4S/c1-9(2)6-10(7-12(16)17)8-14-20(18,19)11-4-5-13-15(11)3/h4-5,9-10,14H,6-8H2,1-3H3,(H,16,17). The van der Waals surface area contributed by atoms with Crippen LogP contribution in [0.2, 0.25) is 0 Å². The van der Waals surface area contributed by atoms with Crippen molar-refractivity contribution in [1.29, 1.82) is 0 Å². The predicted molar refractivity (Wildman–Crippen MR) is 73.6 cm³/mol. The third-order valence-corrected chi connectivity index (χ3v) is 4.38. The van der Waals surface area contributed by atoms with E-state index < -0.39 is 16.0 Å². The van der Waals surface area contributed by atoms with E-state index in [1.807, 2.05) is 13.8 Å². The van der Waals surface area contributed by atoms with Crippen LogP contribution >= 0.6 is 0 Å². The van der Waals surface area contributed by atoms with Crippen LogP contribution in [0.1, 0.15) is 26.7 Å². The van der Waals surface area contributed by atoms with Crippen molar-refractivity contribution in [3.63, 3.8) is 0 Å². The Balaban J connectivity index is 2.71. The van der Waals surface area contributed by atoms with Crippen LogP contribution in [-0.4, -0.2) is 35.8 Å². The normalized spacial score (nSPS) is 13.6. The molecule has 1 atom stereocenters. The van der Waals surface area contributed by atoms with E-state index in [2.05, 4.69) is 9.82 Å². The fraction of sp³-hybridized carbons (Fsp3) is 0.667. The predicted octanol–water partition coefficient (Wildman–Crippen LogP) is 0.835. The molecule has 2 N–H and O–H groups in total. The zero-order chi connectivity index (χ0) is 15.3. The van der Waals surface area contributed by atoms with E-state index >= 15 is 0 Å². The Morgan fingerprint density at radius 1 is 1.50 bits per heavy atom. The maximum atomic E-state index is 12.1. The molecule has 1 aromatic rings. The molecule has 0 fully saturated rings. The molecule has 1 aromatic heterocycles. The van der Waals surface area contributed by atoms with Crippen molar-refractivity contribution in [2.75, 3.05) is 6.54 Å². The number of hydrogen-bond acceptors (Lipinski definition) is 4. The minimum absolute atomic E-state index is 0.0495. The summed E-state index contributed by atoms with van der Waals surface area (Å²) in [6.07, 6.45) is 2.00. The number of nitrogens with one attached hydrogen (secondary N) is 1. The summed E-state index contributed by atoms with van der Waals surface area (Å²) in [5.74, 6) is -0.841. The summed E-state index contributed by atoms with van der Waals surface area (Å²) in [6.45, 7) is 4.06. The molecule has 20 heavy (non-hydrogen) atoms. The third-order valence-electron chi connectivity index (χ3n) is 2.88. The summed E-state index contributed by atoms with van der Waals surface area (Å²) in [4.78, 5) is 10.8. The Labute approximate surface area is 119 Å². The third kappa shape index (κ3) is 4.93. The van der Waals surface area contributed by atoms with E-state index in [4.69, 9.17) is 5.11 Å². The van der Waals surface area contributed by atoms with Crippen molar-refractivity contribution < 1.29 is 18.3 Å². The number of sulfonamides is 1. The fourth-order valence-corrected chi connectivity index (χ4v) is 3.32. The van der Waals surface area contributed by atoms with Crippen molar-refractivity contribution in [3.8, 4) is 0 Å². The Morgan fingerprint density at radius 2 is 2.15 bits per heavy atom. The van der Waals surface area contributed by atoms with E-state index in [1.54, 1.807) is 0 Å². The van der Waals surface area contributed by atoms with Crippen LogP contribution in [0.5, 0.6) is 0 Å². The second-order valence-electron chi connectivity index (χ2n) is 5.24. The largest absolute Gasteiger partial charge is 0.481 e. The summed E-state index contributed by atoms with van der Waals surface area (Å²) < 4.78 is 27.9. The SMILES string of the molecule is CC(C)CC(CNS(=O)(=O)c1ccnn1C)CC(=O)O. The van der Waals surface area contributed by atoms with Crippen LogP contribution in [-0.2, 0) is 21.9 Å². The number of hydrogen-bond donors (Lipinski definition) is 2. The van der Waals surface area contributed by atoms with Crippen LogP contribution in [0.15, 0.2) is 17.3 Å². The number of carboxylic acid groups (broad SMARTS) is 1. The molecule has 114 valence electrons. The van der Waals surface area contributed by atoms with Gasteiger partial charge in [-0.05, 0) is 24.3 Å². The summed E-state index contributed by atoms with van der Waals surface area (Å²) >= 11 is 0. The first kappa shape index (κ1) is 16.6. The minimum atomic E-state index is -3.66. The second kappa shape index (κ2) is 6.85. The zero-order valence-electron chi connectivity index (χ0n) is 11.9. The smallest absolute Gasteiger partial charge is 0.303 e. The molecule has 0 aromatic carbocycles. The molecule has 0 radical (unpaired) electrons. The number of carboxylic acids is 1. The maximum absolute atomic E-state index is 12.1. The van der Waals surface area contributed by atoms with Gasteiger partial charge < -0.3 is 5.11 Å². The zero-order valence-corrected chi connectivity index (χ0v) is 12.7. The fourth-order valence-electron chi connectivity index (χ4n) is 2.08. The van der Waals surface area contributed by atoms with Crippen LogP contribution in [0, 0.1) is 11.8 Å². The topological polar surface area (TPSA) is 101 Å². The molecule has 0 saturated carbocycles. The van der Waals surface area contributed by atoms with Crippen molar-refractivity contribution >= 4 is 16.0 Å². The highest BCUT2D eigenvalue weighted by Gasteiger charge is 2.21. The molecule has 8 heteroatoms. The minimum Gasteiger partial charge on any atom is -0.481 e. The lowest BCUT2D eigenvalue weighted by molar-refractivity contribution is -0.138. The number of aryl methyl sites for hydroxylation is 1. The van der Waals surface area contributed by atoms with Crippen molar-refractivity contribution in [2.24, 2.45) is 18.9 Å². The number of rotatable bonds is 8. The molecule has 0 amide bonds. The van der Waals surface area contributed by atoms with Gasteiger partial charge in [-0.1, -0.05) is 13.8 Å². The van der Waals surface area contributed by atoms with Crippen LogP contribution < -0.4 is 4.72 Å². The van der Waals surface area contributed by atoms with Crippen molar-refractivity contribution in [1.82, 2.24) is 14.5 Å². The van der Waals surface area contributed by atoms with Gasteiger partial charge in [0.15, 0.2) is 5.03 Å². The van der Waals surface area contributed by atoms with Crippen LogP contribution in [0.25, 0.3) is 0 Å². The average molecular weight is 303 g/mol. The van der Waals surface area contributed by atoms with Crippen LogP contribution in [0.4, 0.5) is 0 Å². The van der Waals surface area contributed by atoms with E-state index in [1.165, 1.54) is 24.0 Å². The van der Waals surface area contributed by atoms with Gasteiger partial charge in [0.2, 0.25) is 0 Å². The number of aliphatic carboxylic acids is 1. The van der Waals surface area contributed by atoms with Gasteiger partial charge in [-0.25, -0.2) is 13.1 Å². The number of nitrogens with zero attached hydrogens (tertiary/aromatic N) is 2. The van der Waals surface area contributed by atoms with Crippen molar-refractivity contribution in [2.45, 2.75) is 31.7 Å². The van der Waals surface area contributed by atoms with Gasteiger partial charge in [0, 0.05) is 20.0 Å². The van der Waals surface area contributed by atoms with Crippen molar-refractivity contribution in [3.05, 3.63) is 12.3 Å². The quantitative estimate of drug-likeness (QED) is 0.741. The lowest BCUT2D eigenvalue weighted by Gasteiger charge is -2.17. The first-order chi connectivity index (χ1) is 9.22. The van der Waals surface area contributed by atoms with E-state index in [0.29, 0.717) is 12.3 Å². The molecule has 0 aliphatic rings. The molecule has 0 bridgehead atoms. The molecular formula is C12H21N3O4S. The summed E-state index contributed by atoms with van der Waals surface area (Å²) in [5.41, 5.74) is 0. The summed E-state index contributed by atoms with van der Waals surface area (Å²) in [7, 11) is -2.12. The number of carbonyl (C=O) groups is 1. The summed E-state index contributed by atoms with van der Waals surface area (Å²) in [6, 6.07) is 1.40. The van der Waals surface area contributed by atoms with E-state index in [-0.39, 0.29) is 23.9 Å². The molecule has 0 spiro atoms. The van der Waals surface area contributed by atoms with Gasteiger partial charge in [0.25, 0.3) is 10.0 Å². The molecule has 1 heterocycles. The van der Waals surface area contributed by atoms with Gasteiger partial charge in [-0.3, -0.25) is 9.48 Å². The highest BCUT2D eigenvalue weighted by molar-refractivity contribution is 7.89. The maximum Gasteiger partial charge on any atom is 0.303 e. The molecule has 1 unspecified atom stereocenters. The highest BCUT2D eigenvalue weighted by atomic mass is 32.2. The lowest BCUT2D eigenvalue weighted by atomic mass is 9.94. The molecule has 7 nitrogen and oxygen atoms in total. The van der Waals surface area contributed by atoms with Gasteiger partial charge >= 0.3 is 5.97 Å². The average Bonchev–Trinajstić information content (AvgIpc) is 2.72. The Bertz CT molecular complexity index is 551. The first-order valence-corrected chi connectivity index (χ1v) is 7.90. The van der Waals surface area contributed by atoms with Gasteiger partial charge in [0.05, 0.1) is 6.20 Å². The van der Waals surface area contributed by atoms with Gasteiger partial charge in [-0.2, -0.15) is 5.10 Å². The van der Waals surface area contributed by atoms with Gasteiger partial charge in [0.1, 0.15) is 0 Å². The summed E-state index contributed by atoms with van der Waals surface area (Å²) in [5, 5.41) is 12.7. The Morgan fingerprint density at radius 3 is 2.60 bits per heavy atom. The van der Waals surface area contributed by atoms with Crippen LogP contribution in [0.3, 0.4) is 0 Å². The molecule has 0 aliphatic carbocycles. The second-order valence-corrected chi connectivity index (χ2v) is 6.95. The molecular weight excluding hydrogens is 282 g/mol. The Hall–Kier alpha value is -1.41. The molecule has 0 aliphatic heterocycles. The lowest BCUT2D eigenvalue weighted by Crippen LogP contribution is -2.32. The monoisotopic (exact) mass is 303 g/mol. The Kier molecular flexibility index (Phi) is 5.70. The van der Waals surface area contributed by atoms with Gasteiger partial charge in [-0.15, -0.1) is 0 Å². The molecule has 1 rings (SSSR count). The molecule has 0 saturated heterocycles. The first-order valence-electron chi connectivity index (χ1n) is 6.42. The number of aromatic nitrogens is 2. The highest BCUT2D eigenvalue weighted by Crippen LogP contribution is 2.16. The van der Waals surface area contributed by atoms with E-state index in [0.717, 1.165) is 0 Å².